The summed E-state index contributed by atoms with van der Waals surface area (Å²) in [5.41, 5.74) is 0.963. The van der Waals surface area contributed by atoms with Crippen LogP contribution in [0.4, 0.5) is 0 Å². The predicted octanol–water partition coefficient (Wildman–Crippen LogP) is 0.867. The number of carbonyl (C=O) groups is 2. The molecule has 2 rings (SSSR count). The molecule has 0 unspecified atom stereocenters. The van der Waals surface area contributed by atoms with Gasteiger partial charge in [-0.1, -0.05) is 12.1 Å². The van der Waals surface area contributed by atoms with E-state index >= 15 is 0 Å². The monoisotopic (exact) mass is 422 g/mol. The summed E-state index contributed by atoms with van der Waals surface area (Å²) in [5.74, 6) is -0.425. The Hall–Kier alpha value is -3.11. The molecule has 156 valence electrons. The van der Waals surface area contributed by atoms with Gasteiger partial charge in [0.1, 0.15) is 17.1 Å². The molecule has 0 bridgehead atoms. The number of hydrogen-bond acceptors (Lipinski definition) is 7. The summed E-state index contributed by atoms with van der Waals surface area (Å²) >= 11 is 0. The Balaban J connectivity index is 1.82. The van der Waals surface area contributed by atoms with Crippen molar-refractivity contribution < 1.29 is 32.2 Å². The van der Waals surface area contributed by atoms with E-state index in [4.69, 9.17) is 19.3 Å². The first kappa shape index (κ1) is 22.2. The van der Waals surface area contributed by atoms with Crippen molar-refractivity contribution in [3.8, 4) is 11.5 Å². The normalized spacial score (nSPS) is 10.9. The lowest BCUT2D eigenvalue weighted by molar-refractivity contribution is -0.124. The predicted molar refractivity (Wildman–Crippen MR) is 104 cm³/mol. The van der Waals surface area contributed by atoms with E-state index in [2.05, 4.69) is 5.32 Å². The van der Waals surface area contributed by atoms with E-state index in [1.54, 1.807) is 24.3 Å². The standard InChI is InChI=1S/C19H22N2O7S/c1-26-14-5-8-17(27-2)16(11-14)19(23)28-12-18(22)21-10-9-13-3-6-15(7-4-13)29(20,24)25/h3-8,11H,9-10,12H2,1-2H3,(H,21,22)(H2,20,24,25). The maximum absolute atomic E-state index is 12.2. The average Bonchev–Trinajstić information content (AvgIpc) is 2.71. The van der Waals surface area contributed by atoms with Crippen LogP contribution in [0.1, 0.15) is 15.9 Å². The molecule has 29 heavy (non-hydrogen) atoms. The summed E-state index contributed by atoms with van der Waals surface area (Å²) in [4.78, 5) is 24.1. The van der Waals surface area contributed by atoms with Gasteiger partial charge in [0.25, 0.3) is 5.91 Å². The van der Waals surface area contributed by atoms with Crippen molar-refractivity contribution in [2.75, 3.05) is 27.4 Å². The number of sulfonamides is 1. The highest BCUT2D eigenvalue weighted by atomic mass is 32.2. The van der Waals surface area contributed by atoms with Gasteiger partial charge in [-0.25, -0.2) is 18.4 Å². The maximum Gasteiger partial charge on any atom is 0.342 e. The summed E-state index contributed by atoms with van der Waals surface area (Å²) in [6.45, 7) is -0.170. The molecule has 2 aromatic rings. The van der Waals surface area contributed by atoms with Crippen LogP contribution >= 0.6 is 0 Å². The second-order valence-corrected chi connectivity index (χ2v) is 7.49. The minimum absolute atomic E-state index is 0.0187. The molecule has 0 heterocycles. The van der Waals surface area contributed by atoms with Gasteiger partial charge in [0.15, 0.2) is 6.61 Å². The largest absolute Gasteiger partial charge is 0.497 e. The van der Waals surface area contributed by atoms with Crippen LogP contribution in [-0.2, 0) is 26.0 Å². The van der Waals surface area contributed by atoms with Crippen LogP contribution in [0, 0.1) is 0 Å². The highest BCUT2D eigenvalue weighted by molar-refractivity contribution is 7.89. The number of nitrogens with one attached hydrogen (secondary N) is 1. The number of esters is 1. The lowest BCUT2D eigenvalue weighted by atomic mass is 10.1. The molecule has 0 saturated carbocycles. The number of hydrogen-bond donors (Lipinski definition) is 2. The Bertz CT molecular complexity index is 973. The van der Waals surface area contributed by atoms with Crippen LogP contribution in [-0.4, -0.2) is 47.7 Å². The molecule has 9 nitrogen and oxygen atoms in total. The zero-order valence-corrected chi connectivity index (χ0v) is 16.8. The third-order valence-electron chi connectivity index (χ3n) is 3.95. The smallest absolute Gasteiger partial charge is 0.342 e. The number of benzene rings is 2. The zero-order chi connectivity index (χ0) is 21.4. The fraction of sp³-hybridized carbons (Fsp3) is 0.263. The van der Waals surface area contributed by atoms with E-state index < -0.39 is 28.5 Å². The summed E-state index contributed by atoms with van der Waals surface area (Å²) in [7, 11) is -0.854. The number of carbonyl (C=O) groups excluding carboxylic acids is 2. The molecular weight excluding hydrogens is 400 g/mol. The summed E-state index contributed by atoms with van der Waals surface area (Å²) in [6, 6.07) is 10.7. The van der Waals surface area contributed by atoms with Gasteiger partial charge in [0, 0.05) is 6.54 Å². The van der Waals surface area contributed by atoms with Gasteiger partial charge in [-0.15, -0.1) is 0 Å². The van der Waals surface area contributed by atoms with E-state index in [0.29, 0.717) is 17.9 Å². The van der Waals surface area contributed by atoms with Gasteiger partial charge < -0.3 is 19.5 Å². The van der Waals surface area contributed by atoms with E-state index in [1.165, 1.54) is 32.4 Å². The molecule has 0 atom stereocenters. The third kappa shape index (κ3) is 6.47. The minimum Gasteiger partial charge on any atom is -0.497 e. The summed E-state index contributed by atoms with van der Waals surface area (Å²) in [6.07, 6.45) is 0.467. The van der Waals surface area contributed by atoms with Crippen molar-refractivity contribution in [3.63, 3.8) is 0 Å². The van der Waals surface area contributed by atoms with Crippen LogP contribution in [0.15, 0.2) is 47.4 Å². The molecule has 0 saturated heterocycles. The molecule has 10 heteroatoms. The number of ether oxygens (including phenoxy) is 3. The van der Waals surface area contributed by atoms with Crippen LogP contribution in [0.5, 0.6) is 11.5 Å². The topological polar surface area (TPSA) is 134 Å². The lowest BCUT2D eigenvalue weighted by Gasteiger charge is -2.10. The molecule has 0 aliphatic rings. The second kappa shape index (κ2) is 9.89. The molecule has 0 radical (unpaired) electrons. The van der Waals surface area contributed by atoms with Gasteiger partial charge >= 0.3 is 5.97 Å². The Morgan fingerprint density at radius 1 is 1.03 bits per heavy atom. The average molecular weight is 422 g/mol. The molecule has 0 fully saturated rings. The molecule has 0 aliphatic carbocycles. The quantitative estimate of drug-likeness (QED) is 0.573. The first-order valence-corrected chi connectivity index (χ1v) is 10.1. The molecule has 1 amide bonds. The zero-order valence-electron chi connectivity index (χ0n) is 16.0. The van der Waals surface area contributed by atoms with Gasteiger partial charge in [-0.3, -0.25) is 4.79 Å². The van der Waals surface area contributed by atoms with Gasteiger partial charge in [0.2, 0.25) is 10.0 Å². The second-order valence-electron chi connectivity index (χ2n) is 5.93. The fourth-order valence-electron chi connectivity index (χ4n) is 2.43. The fourth-order valence-corrected chi connectivity index (χ4v) is 2.94. The summed E-state index contributed by atoms with van der Waals surface area (Å²) < 4.78 is 37.6. The molecular formula is C19H22N2O7S. The minimum atomic E-state index is -3.74. The van der Waals surface area contributed by atoms with Crippen molar-refractivity contribution in [2.24, 2.45) is 5.14 Å². The SMILES string of the molecule is COc1ccc(OC)c(C(=O)OCC(=O)NCCc2ccc(S(N)(=O)=O)cc2)c1. The van der Waals surface area contributed by atoms with Crippen LogP contribution < -0.4 is 19.9 Å². The number of rotatable bonds is 9. The molecule has 2 aromatic carbocycles. The number of methoxy groups -OCH3 is 2. The van der Waals surface area contributed by atoms with Crippen molar-refractivity contribution in [1.29, 1.82) is 0 Å². The molecule has 0 aliphatic heterocycles. The molecule has 0 aromatic heterocycles. The van der Waals surface area contributed by atoms with E-state index in [9.17, 15) is 18.0 Å². The van der Waals surface area contributed by atoms with Crippen molar-refractivity contribution in [3.05, 3.63) is 53.6 Å². The molecule has 0 spiro atoms. The Kier molecular flexibility index (Phi) is 7.57. The van der Waals surface area contributed by atoms with Crippen molar-refractivity contribution >= 4 is 21.9 Å². The van der Waals surface area contributed by atoms with Crippen LogP contribution in [0.3, 0.4) is 0 Å². The summed E-state index contributed by atoms with van der Waals surface area (Å²) in [5, 5.41) is 7.66. The molecule has 3 N–H and O–H groups in total. The van der Waals surface area contributed by atoms with Gasteiger partial charge in [0.05, 0.1) is 19.1 Å². The van der Waals surface area contributed by atoms with E-state index in [-0.39, 0.29) is 17.0 Å². The van der Waals surface area contributed by atoms with Crippen LogP contribution in [0.25, 0.3) is 0 Å². The highest BCUT2D eigenvalue weighted by Gasteiger charge is 2.16. The van der Waals surface area contributed by atoms with E-state index in [0.717, 1.165) is 5.56 Å². The van der Waals surface area contributed by atoms with Crippen molar-refractivity contribution in [2.45, 2.75) is 11.3 Å². The van der Waals surface area contributed by atoms with Gasteiger partial charge in [-0.05, 0) is 42.3 Å². The third-order valence-corrected chi connectivity index (χ3v) is 4.88. The highest BCUT2D eigenvalue weighted by Crippen LogP contribution is 2.24. The Morgan fingerprint density at radius 3 is 2.31 bits per heavy atom. The van der Waals surface area contributed by atoms with Crippen molar-refractivity contribution in [1.82, 2.24) is 5.32 Å². The number of amides is 1. The van der Waals surface area contributed by atoms with Crippen LogP contribution in [0.2, 0.25) is 0 Å². The Morgan fingerprint density at radius 2 is 1.72 bits per heavy atom. The van der Waals surface area contributed by atoms with E-state index in [1.807, 2.05) is 0 Å². The first-order chi connectivity index (χ1) is 13.7. The van der Waals surface area contributed by atoms with Gasteiger partial charge in [-0.2, -0.15) is 0 Å². The maximum atomic E-state index is 12.2. The number of primary sulfonamides is 1. The lowest BCUT2D eigenvalue weighted by Crippen LogP contribution is -2.30. The Labute approximate surface area is 168 Å². The first-order valence-electron chi connectivity index (χ1n) is 8.52. The number of nitrogens with two attached hydrogens (primary N) is 1.